The van der Waals surface area contributed by atoms with E-state index in [0.29, 0.717) is 32.6 Å². The number of benzene rings is 2. The van der Waals surface area contributed by atoms with Crippen LogP contribution in [0.3, 0.4) is 0 Å². The van der Waals surface area contributed by atoms with Gasteiger partial charge in [0, 0.05) is 56.5 Å². The first-order valence-electron chi connectivity index (χ1n) is 10.9. The Balaban J connectivity index is 1.37. The molecule has 4 rings (SSSR count). The molecule has 0 saturated carbocycles. The Morgan fingerprint density at radius 2 is 1.50 bits per heavy atom. The fourth-order valence-electron chi connectivity index (χ4n) is 3.76. The maximum Gasteiger partial charge on any atom is 0.222 e. The third-order valence-corrected chi connectivity index (χ3v) is 6.54. The summed E-state index contributed by atoms with van der Waals surface area (Å²) in [5.41, 5.74) is 2.02. The number of amides is 2. The number of para-hydroxylation sites is 1. The highest BCUT2D eigenvalue weighted by Gasteiger charge is 2.22. The van der Waals surface area contributed by atoms with Crippen LogP contribution in [0.2, 0.25) is 0 Å². The van der Waals surface area contributed by atoms with Crippen molar-refractivity contribution in [3.63, 3.8) is 0 Å². The van der Waals surface area contributed by atoms with Gasteiger partial charge in [0.15, 0.2) is 11.0 Å². The molecule has 2 aromatic carbocycles. The highest BCUT2D eigenvalue weighted by molar-refractivity contribution is 7.99. The predicted octanol–water partition coefficient (Wildman–Crippen LogP) is 3.50. The summed E-state index contributed by atoms with van der Waals surface area (Å²) in [6.07, 6.45) is 1.26. The molecular weight excluding hydrogens is 422 g/mol. The Labute approximate surface area is 192 Å². The molecule has 1 fully saturated rings. The van der Waals surface area contributed by atoms with Gasteiger partial charge in [-0.3, -0.25) is 14.2 Å². The Hall–Kier alpha value is -3.13. The number of hydrogen-bond acceptors (Lipinski definition) is 5. The average Bonchev–Trinajstić information content (AvgIpc) is 3.27. The van der Waals surface area contributed by atoms with Crippen molar-refractivity contribution < 1.29 is 9.59 Å². The molecule has 0 unspecified atom stereocenters. The molecule has 0 bridgehead atoms. The van der Waals surface area contributed by atoms with Crippen LogP contribution in [0.4, 0.5) is 0 Å². The van der Waals surface area contributed by atoms with Crippen LogP contribution in [-0.4, -0.2) is 68.3 Å². The van der Waals surface area contributed by atoms with Gasteiger partial charge in [-0.2, -0.15) is 0 Å². The van der Waals surface area contributed by atoms with Crippen LogP contribution in [-0.2, 0) is 9.59 Å². The summed E-state index contributed by atoms with van der Waals surface area (Å²) >= 11 is 1.62. The van der Waals surface area contributed by atoms with Gasteiger partial charge in [0.1, 0.15) is 0 Å². The monoisotopic (exact) mass is 449 g/mol. The van der Waals surface area contributed by atoms with Gasteiger partial charge in [0.25, 0.3) is 0 Å². The van der Waals surface area contributed by atoms with Crippen LogP contribution in [0, 0.1) is 0 Å². The molecule has 1 aromatic heterocycles. The van der Waals surface area contributed by atoms with Crippen molar-refractivity contribution in [2.75, 3.05) is 31.9 Å². The first-order valence-corrected chi connectivity index (χ1v) is 11.8. The maximum absolute atomic E-state index is 12.5. The van der Waals surface area contributed by atoms with E-state index in [1.54, 1.807) is 23.6 Å². The van der Waals surface area contributed by atoms with Crippen molar-refractivity contribution in [3.8, 4) is 17.1 Å². The lowest BCUT2D eigenvalue weighted by Crippen LogP contribution is -2.50. The zero-order valence-electron chi connectivity index (χ0n) is 18.2. The van der Waals surface area contributed by atoms with Gasteiger partial charge in [-0.05, 0) is 18.6 Å². The van der Waals surface area contributed by atoms with Crippen LogP contribution in [0.15, 0.2) is 65.8 Å². The Morgan fingerprint density at radius 3 is 2.16 bits per heavy atom. The van der Waals surface area contributed by atoms with Crippen molar-refractivity contribution in [1.29, 1.82) is 0 Å². The van der Waals surface area contributed by atoms with Crippen molar-refractivity contribution in [3.05, 3.63) is 60.7 Å². The molecule has 3 aromatic rings. The van der Waals surface area contributed by atoms with Crippen LogP contribution in [0.1, 0.15) is 19.8 Å². The molecule has 0 N–H and O–H groups in total. The number of nitrogens with zero attached hydrogens (tertiary/aromatic N) is 5. The second kappa shape index (κ2) is 10.5. The van der Waals surface area contributed by atoms with Crippen molar-refractivity contribution in [2.24, 2.45) is 0 Å². The van der Waals surface area contributed by atoms with E-state index in [9.17, 15) is 9.59 Å². The maximum atomic E-state index is 12.5. The van der Waals surface area contributed by atoms with Gasteiger partial charge in [-0.25, -0.2) is 0 Å². The fourth-order valence-corrected chi connectivity index (χ4v) is 4.65. The van der Waals surface area contributed by atoms with Crippen LogP contribution >= 0.6 is 11.8 Å². The second-order valence-corrected chi connectivity index (χ2v) is 8.74. The molecule has 0 spiro atoms. The lowest BCUT2D eigenvalue weighted by Gasteiger charge is -2.34. The summed E-state index contributed by atoms with van der Waals surface area (Å²) in [7, 11) is 0. The number of carbonyl (C=O) groups excluding carboxylic acids is 2. The zero-order valence-corrected chi connectivity index (χ0v) is 19.0. The van der Waals surface area contributed by atoms with Gasteiger partial charge < -0.3 is 9.80 Å². The van der Waals surface area contributed by atoms with Gasteiger partial charge >= 0.3 is 0 Å². The topological polar surface area (TPSA) is 71.3 Å². The number of thioether (sulfide) groups is 1. The number of hydrogen-bond donors (Lipinski definition) is 0. The third-order valence-electron chi connectivity index (χ3n) is 5.52. The van der Waals surface area contributed by atoms with E-state index in [-0.39, 0.29) is 11.8 Å². The fraction of sp³-hybridized carbons (Fsp3) is 0.333. The molecule has 166 valence electrons. The molecule has 8 heteroatoms. The Morgan fingerprint density at radius 1 is 0.875 bits per heavy atom. The van der Waals surface area contributed by atoms with Gasteiger partial charge in [0.2, 0.25) is 11.8 Å². The van der Waals surface area contributed by atoms with E-state index in [1.165, 1.54) is 0 Å². The molecular formula is C24H27N5O2S. The highest BCUT2D eigenvalue weighted by Crippen LogP contribution is 2.28. The van der Waals surface area contributed by atoms with E-state index >= 15 is 0 Å². The highest BCUT2D eigenvalue weighted by atomic mass is 32.2. The van der Waals surface area contributed by atoms with Gasteiger partial charge in [-0.15, -0.1) is 10.2 Å². The minimum Gasteiger partial charge on any atom is -0.339 e. The second-order valence-electron chi connectivity index (χ2n) is 7.68. The van der Waals surface area contributed by atoms with Gasteiger partial charge in [0.05, 0.1) is 0 Å². The molecule has 2 amide bonds. The normalized spacial score (nSPS) is 13.9. The molecule has 7 nitrogen and oxygen atoms in total. The molecule has 0 aliphatic carbocycles. The Kier molecular flexibility index (Phi) is 7.21. The SMILES string of the molecule is CC(=O)N1CCN(C(=O)CCCSc2nnc(-c3ccccc3)n2-c2ccccc2)CC1. The summed E-state index contributed by atoms with van der Waals surface area (Å²) in [6.45, 7) is 4.06. The van der Waals surface area contributed by atoms with E-state index in [0.717, 1.165) is 34.4 Å². The van der Waals surface area contributed by atoms with Crippen molar-refractivity contribution in [2.45, 2.75) is 24.9 Å². The summed E-state index contributed by atoms with van der Waals surface area (Å²) < 4.78 is 2.07. The standard InChI is InChI=1S/C24H27N5O2S/c1-19(30)27-14-16-28(17-15-27)22(31)13-8-18-32-24-26-25-23(20-9-4-2-5-10-20)29(24)21-11-6-3-7-12-21/h2-7,9-12H,8,13-18H2,1H3. The summed E-state index contributed by atoms with van der Waals surface area (Å²) in [6, 6.07) is 20.1. The van der Waals surface area contributed by atoms with Crippen molar-refractivity contribution in [1.82, 2.24) is 24.6 Å². The summed E-state index contributed by atoms with van der Waals surface area (Å²) in [4.78, 5) is 27.7. The molecule has 2 heterocycles. The number of piperazine rings is 1. The third kappa shape index (κ3) is 5.19. The predicted molar refractivity (Wildman–Crippen MR) is 126 cm³/mol. The van der Waals surface area contributed by atoms with E-state index in [2.05, 4.69) is 14.8 Å². The number of carbonyl (C=O) groups is 2. The first kappa shape index (κ1) is 22.1. The lowest BCUT2D eigenvalue weighted by molar-refractivity contribution is -0.138. The molecule has 1 saturated heterocycles. The molecule has 0 atom stereocenters. The first-order chi connectivity index (χ1) is 15.6. The minimum absolute atomic E-state index is 0.0749. The largest absolute Gasteiger partial charge is 0.339 e. The van der Waals surface area contributed by atoms with Crippen molar-refractivity contribution >= 4 is 23.6 Å². The molecule has 1 aliphatic heterocycles. The lowest BCUT2D eigenvalue weighted by atomic mass is 10.2. The summed E-state index contributed by atoms with van der Waals surface area (Å²) in [5, 5.41) is 9.72. The van der Waals surface area contributed by atoms with Gasteiger partial charge in [-0.1, -0.05) is 60.3 Å². The number of aromatic nitrogens is 3. The van der Waals surface area contributed by atoms with Crippen LogP contribution < -0.4 is 0 Å². The van der Waals surface area contributed by atoms with Crippen LogP contribution in [0.5, 0.6) is 0 Å². The smallest absolute Gasteiger partial charge is 0.222 e. The minimum atomic E-state index is 0.0749. The summed E-state index contributed by atoms with van der Waals surface area (Å²) in [5.74, 6) is 1.81. The van der Waals surface area contributed by atoms with E-state index < -0.39 is 0 Å². The Bertz CT molecular complexity index is 1050. The van der Waals surface area contributed by atoms with E-state index in [4.69, 9.17) is 0 Å². The quantitative estimate of drug-likeness (QED) is 0.408. The molecule has 0 radical (unpaired) electrons. The molecule has 1 aliphatic rings. The zero-order chi connectivity index (χ0) is 22.3. The number of rotatable bonds is 7. The van der Waals surface area contributed by atoms with E-state index in [1.807, 2.05) is 65.6 Å². The average molecular weight is 450 g/mol. The van der Waals surface area contributed by atoms with Crippen LogP contribution in [0.25, 0.3) is 17.1 Å². The molecule has 32 heavy (non-hydrogen) atoms.